The van der Waals surface area contributed by atoms with Crippen molar-refractivity contribution in [3.05, 3.63) is 35.8 Å². The molecule has 4 nitrogen and oxygen atoms in total. The number of aliphatic imine (C=N–C) groups is 1. The minimum atomic E-state index is -0.196. The van der Waals surface area contributed by atoms with Crippen LogP contribution in [-0.4, -0.2) is 32.3 Å². The number of amidine groups is 1. The number of hydrogen-bond donors (Lipinski definition) is 0. The lowest BCUT2D eigenvalue weighted by Crippen LogP contribution is -2.27. The van der Waals surface area contributed by atoms with Crippen LogP contribution in [0.5, 0.6) is 0 Å². The molecule has 0 unspecified atom stereocenters. The number of benzene rings is 1. The van der Waals surface area contributed by atoms with Crippen LogP contribution in [0.3, 0.4) is 0 Å². The second-order valence-corrected chi connectivity index (χ2v) is 7.91. The molecule has 30 heavy (non-hydrogen) atoms. The summed E-state index contributed by atoms with van der Waals surface area (Å²) in [7, 11) is 1.86. The summed E-state index contributed by atoms with van der Waals surface area (Å²) in [4.78, 5) is 19.0. The van der Waals surface area contributed by atoms with Gasteiger partial charge in [0.05, 0.1) is 5.69 Å². The summed E-state index contributed by atoms with van der Waals surface area (Å²) in [5.41, 5.74) is 2.05. The number of nitrogens with zero attached hydrogens (tertiary/aromatic N) is 3. The Bertz CT molecular complexity index is 688. The van der Waals surface area contributed by atoms with Crippen molar-refractivity contribution in [2.45, 2.75) is 79.1 Å². The Kier molecular flexibility index (Phi) is 12.7. The number of anilines is 2. The minimum absolute atomic E-state index is 0.196. The predicted molar refractivity (Wildman–Crippen MR) is 128 cm³/mol. The van der Waals surface area contributed by atoms with E-state index in [1.165, 1.54) is 44.6 Å². The first-order valence-electron chi connectivity index (χ1n) is 11.4. The van der Waals surface area contributed by atoms with Gasteiger partial charge in [0.2, 0.25) is 0 Å². The van der Waals surface area contributed by atoms with Gasteiger partial charge in [-0.25, -0.2) is 9.38 Å². The first-order chi connectivity index (χ1) is 14.4. The topological polar surface area (TPSA) is 35.9 Å². The molecule has 168 valence electrons. The fourth-order valence-corrected chi connectivity index (χ4v) is 3.43. The lowest BCUT2D eigenvalue weighted by atomic mass is 10.1. The van der Waals surface area contributed by atoms with Crippen molar-refractivity contribution in [2.75, 3.05) is 29.9 Å². The molecule has 0 aliphatic heterocycles. The van der Waals surface area contributed by atoms with Gasteiger partial charge in [0.15, 0.2) is 0 Å². The predicted octanol–water partition coefficient (Wildman–Crippen LogP) is 6.75. The number of carbonyl (C=O) groups is 1. The second kappa shape index (κ2) is 14.8. The van der Waals surface area contributed by atoms with Crippen LogP contribution >= 0.6 is 0 Å². The van der Waals surface area contributed by atoms with Crippen molar-refractivity contribution in [1.29, 1.82) is 0 Å². The summed E-state index contributed by atoms with van der Waals surface area (Å²) in [6, 6.07) is 5.42. The van der Waals surface area contributed by atoms with Gasteiger partial charge in [-0.1, -0.05) is 52.4 Å². The molecule has 0 aliphatic rings. The van der Waals surface area contributed by atoms with E-state index in [4.69, 9.17) is 0 Å². The molecule has 0 heterocycles. The van der Waals surface area contributed by atoms with Crippen LogP contribution in [0.25, 0.3) is 0 Å². The van der Waals surface area contributed by atoms with E-state index in [0.29, 0.717) is 17.2 Å². The molecule has 0 amide bonds. The normalized spacial score (nSPS) is 12.2. The smallest absolute Gasteiger partial charge is 0.148 e. The maximum atomic E-state index is 15.1. The third kappa shape index (κ3) is 9.10. The monoisotopic (exact) mass is 417 g/mol. The Morgan fingerprint density at radius 1 is 1.00 bits per heavy atom. The molecule has 0 aromatic heterocycles. The van der Waals surface area contributed by atoms with Crippen LogP contribution in [0.1, 0.15) is 79.1 Å². The van der Waals surface area contributed by atoms with Crippen molar-refractivity contribution in [3.8, 4) is 0 Å². The quantitative estimate of drug-likeness (QED) is 0.110. The van der Waals surface area contributed by atoms with E-state index in [9.17, 15) is 4.79 Å². The van der Waals surface area contributed by atoms with Crippen molar-refractivity contribution < 1.29 is 9.18 Å². The van der Waals surface area contributed by atoms with Crippen LogP contribution in [-0.2, 0) is 4.79 Å². The van der Waals surface area contributed by atoms with E-state index < -0.39 is 0 Å². The van der Waals surface area contributed by atoms with Gasteiger partial charge in [-0.05, 0) is 51.0 Å². The summed E-state index contributed by atoms with van der Waals surface area (Å²) in [6.07, 6.45) is 11.6. The third-order valence-corrected chi connectivity index (χ3v) is 5.36. The van der Waals surface area contributed by atoms with Crippen molar-refractivity contribution >= 4 is 23.5 Å². The molecule has 1 rings (SSSR count). The molecular weight excluding hydrogens is 377 g/mol. The summed E-state index contributed by atoms with van der Waals surface area (Å²) in [6.45, 7) is 9.83. The Morgan fingerprint density at radius 2 is 1.60 bits per heavy atom. The van der Waals surface area contributed by atoms with E-state index in [1.807, 2.05) is 31.0 Å². The Labute approximate surface area is 182 Å². The van der Waals surface area contributed by atoms with E-state index in [-0.39, 0.29) is 5.82 Å². The lowest BCUT2D eigenvalue weighted by molar-refractivity contribution is -0.104. The fraction of sp³-hybridized carbons (Fsp3) is 0.600. The first-order valence-corrected chi connectivity index (χ1v) is 11.4. The standard InChI is InChI=1S/C25H40FN3O/c1-6-8-10-12-17-29(18-13-11-9-7-2)25-15-14-23(20-24(25)26)28(5)22(4)27-21(3)16-19-30/h14-16,19-20H,6-13,17-18H2,1-5H3/b21-16-,27-22?. The van der Waals surface area contributed by atoms with Crippen molar-refractivity contribution in [2.24, 2.45) is 4.99 Å². The molecule has 0 saturated heterocycles. The average molecular weight is 418 g/mol. The fourth-order valence-electron chi connectivity index (χ4n) is 3.43. The number of hydrogen-bond acceptors (Lipinski definition) is 3. The zero-order valence-electron chi connectivity index (χ0n) is 19.6. The Hall–Kier alpha value is -2.17. The number of aldehydes is 1. The summed E-state index contributed by atoms with van der Waals surface area (Å²) in [5, 5.41) is 0. The van der Waals surface area contributed by atoms with Gasteiger partial charge < -0.3 is 9.80 Å². The number of carbonyl (C=O) groups excluding carboxylic acids is 1. The summed E-state index contributed by atoms with van der Waals surface area (Å²) in [5.74, 6) is 0.507. The van der Waals surface area contributed by atoms with E-state index in [0.717, 1.165) is 37.9 Å². The highest BCUT2D eigenvalue weighted by molar-refractivity contribution is 5.96. The molecule has 0 aliphatic carbocycles. The highest BCUT2D eigenvalue weighted by atomic mass is 19.1. The van der Waals surface area contributed by atoms with E-state index >= 15 is 4.39 Å². The summed E-state index contributed by atoms with van der Waals surface area (Å²) < 4.78 is 15.1. The maximum Gasteiger partial charge on any atom is 0.148 e. The van der Waals surface area contributed by atoms with E-state index in [2.05, 4.69) is 23.7 Å². The number of unbranched alkanes of at least 4 members (excludes halogenated alkanes) is 6. The Morgan fingerprint density at radius 3 is 2.10 bits per heavy atom. The zero-order chi connectivity index (χ0) is 22.4. The van der Waals surface area contributed by atoms with Crippen LogP contribution < -0.4 is 9.80 Å². The second-order valence-electron chi connectivity index (χ2n) is 7.91. The highest BCUT2D eigenvalue weighted by Gasteiger charge is 2.14. The van der Waals surface area contributed by atoms with Crippen molar-refractivity contribution in [3.63, 3.8) is 0 Å². The van der Waals surface area contributed by atoms with Gasteiger partial charge in [0.25, 0.3) is 0 Å². The minimum Gasteiger partial charge on any atom is -0.369 e. The molecule has 0 spiro atoms. The van der Waals surface area contributed by atoms with Crippen LogP contribution in [0.4, 0.5) is 15.8 Å². The molecular formula is C25H40FN3O. The number of rotatable bonds is 14. The van der Waals surface area contributed by atoms with Crippen LogP contribution in [0, 0.1) is 5.82 Å². The largest absolute Gasteiger partial charge is 0.369 e. The van der Waals surface area contributed by atoms with E-state index in [1.54, 1.807) is 13.0 Å². The lowest BCUT2D eigenvalue weighted by Gasteiger charge is -2.27. The van der Waals surface area contributed by atoms with Gasteiger partial charge in [-0.3, -0.25) is 4.79 Å². The number of allylic oxidation sites excluding steroid dienone is 2. The average Bonchev–Trinajstić information content (AvgIpc) is 2.72. The molecule has 0 atom stereocenters. The van der Waals surface area contributed by atoms with Gasteiger partial charge >= 0.3 is 0 Å². The molecule has 0 N–H and O–H groups in total. The first kappa shape index (κ1) is 25.9. The molecule has 0 bridgehead atoms. The summed E-state index contributed by atoms with van der Waals surface area (Å²) >= 11 is 0. The SMILES string of the molecule is CCCCCCN(CCCCCC)c1ccc(N(C)C(C)=N/C(C)=C\C=O)cc1F. The molecule has 1 aromatic carbocycles. The van der Waals surface area contributed by atoms with Crippen molar-refractivity contribution in [1.82, 2.24) is 0 Å². The van der Waals surface area contributed by atoms with Gasteiger partial charge in [-0.2, -0.15) is 0 Å². The highest BCUT2D eigenvalue weighted by Crippen LogP contribution is 2.26. The molecule has 1 aromatic rings. The zero-order valence-corrected chi connectivity index (χ0v) is 19.6. The number of halogens is 1. The Balaban J connectivity index is 2.95. The van der Waals surface area contributed by atoms with Crippen LogP contribution in [0.2, 0.25) is 0 Å². The molecule has 0 fully saturated rings. The molecule has 0 radical (unpaired) electrons. The molecule has 5 heteroatoms. The van der Waals surface area contributed by atoms with Gasteiger partial charge in [-0.15, -0.1) is 0 Å². The van der Waals surface area contributed by atoms with Crippen LogP contribution in [0.15, 0.2) is 35.0 Å². The maximum absolute atomic E-state index is 15.1. The third-order valence-electron chi connectivity index (χ3n) is 5.36. The van der Waals surface area contributed by atoms with Gasteiger partial charge in [0.1, 0.15) is 17.9 Å². The molecule has 0 saturated carbocycles. The van der Waals surface area contributed by atoms with Gasteiger partial charge in [0, 0.05) is 31.5 Å².